The number of aromatic nitrogens is 2. The van der Waals surface area contributed by atoms with Gasteiger partial charge in [0, 0.05) is 12.5 Å². The highest BCUT2D eigenvalue weighted by Gasteiger charge is 2.25. The van der Waals surface area contributed by atoms with Gasteiger partial charge in [0.25, 0.3) is 0 Å². The molecule has 0 radical (unpaired) electrons. The summed E-state index contributed by atoms with van der Waals surface area (Å²) < 4.78 is 18.0. The molecule has 1 fully saturated rings. The number of carbonyl (C=O) groups is 1. The molecule has 1 aliphatic heterocycles. The third-order valence-electron chi connectivity index (χ3n) is 4.98. The summed E-state index contributed by atoms with van der Waals surface area (Å²) in [6, 6.07) is 6.55. The Labute approximate surface area is 158 Å². The summed E-state index contributed by atoms with van der Waals surface area (Å²) in [4.78, 5) is 20.8. The minimum absolute atomic E-state index is 0.164. The van der Waals surface area contributed by atoms with E-state index in [9.17, 15) is 9.18 Å². The maximum absolute atomic E-state index is 13.2. The van der Waals surface area contributed by atoms with Crippen molar-refractivity contribution in [1.29, 1.82) is 0 Å². The predicted octanol–water partition coefficient (Wildman–Crippen LogP) is 2.79. The molecule has 0 unspecified atom stereocenters. The minimum Gasteiger partial charge on any atom is -0.464 e. The highest BCUT2D eigenvalue weighted by atomic mass is 19.1. The van der Waals surface area contributed by atoms with E-state index in [2.05, 4.69) is 27.5 Å². The van der Waals surface area contributed by atoms with Gasteiger partial charge in [-0.2, -0.15) is 0 Å². The highest BCUT2D eigenvalue weighted by Crippen LogP contribution is 2.23. The normalized spacial score (nSPS) is 19.5. The summed E-state index contributed by atoms with van der Waals surface area (Å²) in [5.74, 6) is 0.353. The Balaban J connectivity index is 1.89. The van der Waals surface area contributed by atoms with E-state index < -0.39 is 5.97 Å². The number of hydrogen-bond acceptors (Lipinski definition) is 6. The lowest BCUT2D eigenvalue weighted by Gasteiger charge is -2.33. The first kappa shape index (κ1) is 19.2. The third-order valence-corrected chi connectivity index (χ3v) is 4.98. The first-order valence-electron chi connectivity index (χ1n) is 9.26. The molecule has 2 atom stereocenters. The number of carbonyl (C=O) groups excluding carboxylic acids is 1. The second-order valence-electron chi connectivity index (χ2n) is 6.76. The summed E-state index contributed by atoms with van der Waals surface area (Å²) in [6.45, 7) is 4.10. The fraction of sp³-hybridized carbons (Fsp3) is 0.450. The van der Waals surface area contributed by atoms with Crippen LogP contribution in [0.1, 0.15) is 41.5 Å². The van der Waals surface area contributed by atoms with Gasteiger partial charge in [0.1, 0.15) is 11.6 Å². The van der Waals surface area contributed by atoms with E-state index in [0.29, 0.717) is 29.9 Å². The van der Waals surface area contributed by atoms with Crippen LogP contribution in [0.3, 0.4) is 0 Å². The van der Waals surface area contributed by atoms with Crippen LogP contribution in [-0.2, 0) is 11.2 Å². The van der Waals surface area contributed by atoms with E-state index in [0.717, 1.165) is 31.5 Å². The number of hydrogen-bond donors (Lipinski definition) is 2. The number of rotatable bonds is 6. The summed E-state index contributed by atoms with van der Waals surface area (Å²) in [5.41, 5.74) is 1.71. The van der Waals surface area contributed by atoms with Crippen LogP contribution in [0.25, 0.3) is 0 Å². The van der Waals surface area contributed by atoms with Crippen LogP contribution in [0.15, 0.2) is 30.5 Å². The lowest BCUT2D eigenvalue weighted by molar-refractivity contribution is 0.0593. The van der Waals surface area contributed by atoms with Gasteiger partial charge in [-0.1, -0.05) is 25.5 Å². The molecule has 3 rings (SSSR count). The molecule has 1 aliphatic rings. The first-order valence-corrected chi connectivity index (χ1v) is 9.26. The molecule has 0 aliphatic carbocycles. The molecule has 0 bridgehead atoms. The van der Waals surface area contributed by atoms with Gasteiger partial charge in [0.05, 0.1) is 19.0 Å². The van der Waals surface area contributed by atoms with Gasteiger partial charge in [-0.15, -0.1) is 0 Å². The van der Waals surface area contributed by atoms with E-state index in [4.69, 9.17) is 4.74 Å². The van der Waals surface area contributed by atoms with Gasteiger partial charge in [0.15, 0.2) is 5.69 Å². The van der Waals surface area contributed by atoms with E-state index in [-0.39, 0.29) is 11.5 Å². The number of anilines is 1. The quantitative estimate of drug-likeness (QED) is 0.760. The fourth-order valence-electron chi connectivity index (χ4n) is 3.39. The second kappa shape index (κ2) is 8.90. The van der Waals surface area contributed by atoms with Gasteiger partial charge in [-0.3, -0.25) is 0 Å². The van der Waals surface area contributed by atoms with E-state index >= 15 is 0 Å². The van der Waals surface area contributed by atoms with Crippen LogP contribution in [-0.4, -0.2) is 42.2 Å². The van der Waals surface area contributed by atoms with Gasteiger partial charge < -0.3 is 15.4 Å². The highest BCUT2D eigenvalue weighted by molar-refractivity contribution is 5.87. The van der Waals surface area contributed by atoms with Crippen LogP contribution in [0, 0.1) is 11.7 Å². The molecule has 0 spiro atoms. The van der Waals surface area contributed by atoms with Gasteiger partial charge in [-0.25, -0.2) is 19.2 Å². The number of halogens is 1. The zero-order chi connectivity index (χ0) is 19.2. The maximum atomic E-state index is 13.2. The Morgan fingerprint density at radius 1 is 1.37 bits per heavy atom. The van der Waals surface area contributed by atoms with Crippen LogP contribution in [0.2, 0.25) is 0 Å². The Morgan fingerprint density at radius 2 is 2.15 bits per heavy atom. The third kappa shape index (κ3) is 4.80. The van der Waals surface area contributed by atoms with Crippen molar-refractivity contribution in [3.8, 4) is 0 Å². The summed E-state index contributed by atoms with van der Waals surface area (Å²) >= 11 is 0. The van der Waals surface area contributed by atoms with Gasteiger partial charge >= 0.3 is 5.97 Å². The molecule has 144 valence electrons. The number of methoxy groups -OCH3 is 1. The summed E-state index contributed by atoms with van der Waals surface area (Å²) in [6.07, 6.45) is 3.94. The van der Waals surface area contributed by atoms with E-state index in [1.54, 1.807) is 12.1 Å². The average molecular weight is 372 g/mol. The Morgan fingerprint density at radius 3 is 2.85 bits per heavy atom. The van der Waals surface area contributed by atoms with Crippen molar-refractivity contribution >= 4 is 11.8 Å². The van der Waals surface area contributed by atoms with Crippen molar-refractivity contribution in [3.05, 3.63) is 53.2 Å². The predicted molar refractivity (Wildman–Crippen MR) is 101 cm³/mol. The Hall–Kier alpha value is -2.54. The molecule has 7 heteroatoms. The Kier molecular flexibility index (Phi) is 6.34. The van der Waals surface area contributed by atoms with Crippen molar-refractivity contribution < 1.29 is 13.9 Å². The van der Waals surface area contributed by atoms with E-state index in [1.165, 1.54) is 25.4 Å². The average Bonchev–Trinajstić information content (AvgIpc) is 2.70. The van der Waals surface area contributed by atoms with Crippen LogP contribution < -0.4 is 10.6 Å². The largest absolute Gasteiger partial charge is 0.464 e. The molecule has 6 nitrogen and oxygen atoms in total. The molecule has 0 saturated carbocycles. The topological polar surface area (TPSA) is 76.1 Å². The molecule has 1 aromatic carbocycles. The zero-order valence-corrected chi connectivity index (χ0v) is 15.7. The molecular formula is C20H25FN4O2. The molecule has 2 aromatic rings. The lowest BCUT2D eigenvalue weighted by Crippen LogP contribution is -2.44. The molecule has 0 amide bonds. The molecule has 2 heterocycles. The number of nitrogens with one attached hydrogen (secondary N) is 2. The number of benzene rings is 1. The lowest BCUT2D eigenvalue weighted by atomic mass is 9.91. The molecule has 27 heavy (non-hydrogen) atoms. The number of piperidine rings is 1. The molecular weight excluding hydrogens is 347 g/mol. The SMILES string of the molecule is CC[C@@H]1CNCC[C@H]1Nc1ncc(C(=O)OC)nc1Cc1ccc(F)cc1. The van der Waals surface area contributed by atoms with Crippen LogP contribution >= 0.6 is 0 Å². The van der Waals surface area contributed by atoms with Crippen molar-refractivity contribution in [2.75, 3.05) is 25.5 Å². The standard InChI is InChI=1S/C20H25FN4O2/c1-3-14-11-22-9-8-16(14)25-19-17(10-13-4-6-15(21)7-5-13)24-18(12-23-19)20(26)27-2/h4-7,12,14,16,22H,3,8-11H2,1-2H3,(H,23,25)/t14-,16-/m1/s1. The Bertz CT molecular complexity index is 782. The number of esters is 1. The molecule has 1 aromatic heterocycles. The van der Waals surface area contributed by atoms with Crippen LogP contribution in [0.5, 0.6) is 0 Å². The second-order valence-corrected chi connectivity index (χ2v) is 6.76. The monoisotopic (exact) mass is 372 g/mol. The molecule has 1 saturated heterocycles. The number of nitrogens with zero attached hydrogens (tertiary/aromatic N) is 2. The maximum Gasteiger partial charge on any atom is 0.358 e. The van der Waals surface area contributed by atoms with Crippen LogP contribution in [0.4, 0.5) is 10.2 Å². The van der Waals surface area contributed by atoms with Crippen molar-refractivity contribution in [2.24, 2.45) is 5.92 Å². The minimum atomic E-state index is -0.525. The van der Waals surface area contributed by atoms with Crippen molar-refractivity contribution in [2.45, 2.75) is 32.2 Å². The van der Waals surface area contributed by atoms with Gasteiger partial charge in [-0.05, 0) is 43.1 Å². The smallest absolute Gasteiger partial charge is 0.358 e. The molecule has 2 N–H and O–H groups in total. The van der Waals surface area contributed by atoms with Crippen molar-refractivity contribution in [3.63, 3.8) is 0 Å². The first-order chi connectivity index (χ1) is 13.1. The number of ether oxygens (including phenoxy) is 1. The van der Waals surface area contributed by atoms with E-state index in [1.807, 2.05) is 0 Å². The van der Waals surface area contributed by atoms with Crippen molar-refractivity contribution in [1.82, 2.24) is 15.3 Å². The zero-order valence-electron chi connectivity index (χ0n) is 15.7. The fourth-order valence-corrected chi connectivity index (χ4v) is 3.39. The van der Waals surface area contributed by atoms with Gasteiger partial charge in [0.2, 0.25) is 0 Å². The summed E-state index contributed by atoms with van der Waals surface area (Å²) in [7, 11) is 1.32. The summed E-state index contributed by atoms with van der Waals surface area (Å²) in [5, 5.41) is 6.95.